The van der Waals surface area contributed by atoms with E-state index in [-0.39, 0.29) is 11.2 Å². The molecule has 2 aromatic rings. The van der Waals surface area contributed by atoms with Gasteiger partial charge in [0.05, 0.1) is 0 Å². The molecule has 0 saturated carbocycles. The minimum absolute atomic E-state index is 0.262. The maximum Gasteiger partial charge on any atom is 0.330 e. The minimum Gasteiger partial charge on any atom is -0.300 e. The summed E-state index contributed by atoms with van der Waals surface area (Å²) < 4.78 is 2.62. The summed E-state index contributed by atoms with van der Waals surface area (Å²) in [6.45, 7) is 0. The van der Waals surface area contributed by atoms with Gasteiger partial charge < -0.3 is 0 Å². The fourth-order valence-corrected chi connectivity index (χ4v) is 2.53. The van der Waals surface area contributed by atoms with Crippen molar-refractivity contribution in [2.75, 3.05) is 0 Å². The molecule has 18 heavy (non-hydrogen) atoms. The number of hydrogen-bond donors (Lipinski definition) is 0. The Morgan fingerprint density at radius 2 is 1.72 bits per heavy atom. The fraction of sp³-hybridized carbons (Fsp3) is 0.231. The molecule has 0 amide bonds. The van der Waals surface area contributed by atoms with Gasteiger partial charge in [0.2, 0.25) is 0 Å². The van der Waals surface area contributed by atoms with Gasteiger partial charge in [-0.3, -0.25) is 13.9 Å². The predicted molar refractivity (Wildman–Crippen MR) is 72.9 cm³/mol. The lowest BCUT2D eigenvalue weighted by atomic mass is 10.4. The highest BCUT2D eigenvalue weighted by molar-refractivity contribution is 7.98. The molecular weight excluding hydrogens is 248 g/mol. The number of hydrogen-bond acceptors (Lipinski definition) is 3. The largest absolute Gasteiger partial charge is 0.330 e. The van der Waals surface area contributed by atoms with Crippen LogP contribution in [0.25, 0.3) is 0 Å². The van der Waals surface area contributed by atoms with Crippen LogP contribution in [-0.4, -0.2) is 9.13 Å². The highest BCUT2D eigenvalue weighted by Crippen LogP contribution is 2.20. The summed E-state index contributed by atoms with van der Waals surface area (Å²) in [6.07, 6.45) is 0. The number of benzene rings is 1. The van der Waals surface area contributed by atoms with Gasteiger partial charge in [-0.1, -0.05) is 18.2 Å². The Morgan fingerprint density at radius 3 is 2.39 bits per heavy atom. The van der Waals surface area contributed by atoms with Crippen LogP contribution in [0, 0.1) is 0 Å². The first kappa shape index (κ1) is 12.7. The molecule has 0 N–H and O–H groups in total. The molecule has 0 aliphatic rings. The van der Waals surface area contributed by atoms with E-state index >= 15 is 0 Å². The van der Waals surface area contributed by atoms with Crippen LogP contribution in [0.5, 0.6) is 0 Å². The van der Waals surface area contributed by atoms with Crippen molar-refractivity contribution >= 4 is 11.8 Å². The Kier molecular flexibility index (Phi) is 3.72. The van der Waals surface area contributed by atoms with Gasteiger partial charge in [0.1, 0.15) is 0 Å². The zero-order valence-electron chi connectivity index (χ0n) is 10.3. The molecule has 4 nitrogen and oxygen atoms in total. The maximum absolute atomic E-state index is 11.7. The molecular formula is C13H14N2O2S. The Labute approximate surface area is 109 Å². The molecule has 0 aliphatic heterocycles. The van der Waals surface area contributed by atoms with E-state index in [9.17, 15) is 9.59 Å². The average Bonchev–Trinajstić information content (AvgIpc) is 2.40. The van der Waals surface area contributed by atoms with Crippen molar-refractivity contribution in [1.29, 1.82) is 0 Å². The van der Waals surface area contributed by atoms with Crippen molar-refractivity contribution in [3.05, 3.63) is 62.9 Å². The molecule has 0 saturated heterocycles. The monoisotopic (exact) mass is 262 g/mol. The minimum atomic E-state index is -0.286. The molecule has 0 fully saturated rings. The lowest BCUT2D eigenvalue weighted by Crippen LogP contribution is -2.37. The second-order valence-electron chi connectivity index (χ2n) is 3.98. The quantitative estimate of drug-likeness (QED) is 0.785. The zero-order chi connectivity index (χ0) is 13.1. The molecule has 0 atom stereocenters. The van der Waals surface area contributed by atoms with Crippen molar-refractivity contribution in [3.63, 3.8) is 0 Å². The normalized spacial score (nSPS) is 10.6. The van der Waals surface area contributed by atoms with E-state index in [0.29, 0.717) is 5.75 Å². The van der Waals surface area contributed by atoms with Crippen molar-refractivity contribution < 1.29 is 0 Å². The molecule has 1 aromatic heterocycles. The van der Waals surface area contributed by atoms with Gasteiger partial charge in [-0.15, -0.1) is 11.8 Å². The van der Waals surface area contributed by atoms with Crippen LogP contribution in [0.3, 0.4) is 0 Å². The van der Waals surface area contributed by atoms with Crippen molar-refractivity contribution in [3.8, 4) is 0 Å². The third-order valence-electron chi connectivity index (χ3n) is 2.76. The number of nitrogens with zero attached hydrogens (tertiary/aromatic N) is 2. The van der Waals surface area contributed by atoms with E-state index in [1.54, 1.807) is 18.8 Å². The summed E-state index contributed by atoms with van der Waals surface area (Å²) in [7, 11) is 3.17. The van der Waals surface area contributed by atoms with E-state index < -0.39 is 0 Å². The first-order valence-corrected chi connectivity index (χ1v) is 6.52. The standard InChI is InChI=1S/C13H14N2O2S/c1-14-10(8-12(16)15(2)13(14)17)9-18-11-6-4-3-5-7-11/h3-8H,9H2,1-2H3. The highest BCUT2D eigenvalue weighted by atomic mass is 32.2. The van der Waals surface area contributed by atoms with Gasteiger partial charge in [0, 0.05) is 36.5 Å². The molecule has 0 aliphatic carbocycles. The van der Waals surface area contributed by atoms with Gasteiger partial charge in [-0.25, -0.2) is 4.79 Å². The third-order valence-corrected chi connectivity index (χ3v) is 3.80. The predicted octanol–water partition coefficient (Wildman–Crippen LogP) is 1.38. The zero-order valence-corrected chi connectivity index (χ0v) is 11.1. The molecule has 94 valence electrons. The molecule has 1 aromatic carbocycles. The Balaban J connectivity index is 2.26. The van der Waals surface area contributed by atoms with Crippen molar-refractivity contribution in [2.45, 2.75) is 10.6 Å². The summed E-state index contributed by atoms with van der Waals surface area (Å²) in [5.74, 6) is 0.603. The van der Waals surface area contributed by atoms with Crippen molar-refractivity contribution in [1.82, 2.24) is 9.13 Å². The summed E-state index contributed by atoms with van der Waals surface area (Å²) in [5.41, 5.74) is 0.185. The van der Waals surface area contributed by atoms with E-state index in [1.165, 1.54) is 17.7 Å². The summed E-state index contributed by atoms with van der Waals surface area (Å²) in [4.78, 5) is 24.4. The SMILES string of the molecule is Cn1c(CSc2ccccc2)cc(=O)n(C)c1=O. The van der Waals surface area contributed by atoms with Crippen LogP contribution in [-0.2, 0) is 19.8 Å². The second kappa shape index (κ2) is 5.27. The molecule has 0 bridgehead atoms. The Hall–Kier alpha value is -1.75. The first-order valence-electron chi connectivity index (χ1n) is 5.53. The fourth-order valence-electron chi connectivity index (χ4n) is 1.59. The molecule has 0 unspecified atom stereocenters. The molecule has 5 heteroatoms. The molecule has 1 heterocycles. The lowest BCUT2D eigenvalue weighted by molar-refractivity contribution is 0.665. The summed E-state index contributed by atoms with van der Waals surface area (Å²) >= 11 is 1.60. The number of aromatic nitrogens is 2. The summed E-state index contributed by atoms with van der Waals surface area (Å²) in [5, 5.41) is 0. The van der Waals surface area contributed by atoms with Crippen LogP contribution in [0.2, 0.25) is 0 Å². The van der Waals surface area contributed by atoms with Crippen LogP contribution >= 0.6 is 11.8 Å². The van der Waals surface area contributed by atoms with Crippen LogP contribution < -0.4 is 11.2 Å². The smallest absolute Gasteiger partial charge is 0.300 e. The van der Waals surface area contributed by atoms with Crippen LogP contribution in [0.15, 0.2) is 50.9 Å². The van der Waals surface area contributed by atoms with Gasteiger partial charge in [-0.05, 0) is 12.1 Å². The van der Waals surface area contributed by atoms with Crippen LogP contribution in [0.1, 0.15) is 5.69 Å². The van der Waals surface area contributed by atoms with Gasteiger partial charge >= 0.3 is 5.69 Å². The lowest BCUT2D eigenvalue weighted by Gasteiger charge is -2.08. The summed E-state index contributed by atoms with van der Waals surface area (Å²) in [6, 6.07) is 11.4. The van der Waals surface area contributed by atoms with E-state index in [0.717, 1.165) is 15.2 Å². The topological polar surface area (TPSA) is 44.0 Å². The Bertz CT molecular complexity index is 659. The average molecular weight is 262 g/mol. The Morgan fingerprint density at radius 1 is 1.06 bits per heavy atom. The second-order valence-corrected chi connectivity index (χ2v) is 5.03. The van der Waals surface area contributed by atoms with Gasteiger partial charge in [-0.2, -0.15) is 0 Å². The van der Waals surface area contributed by atoms with Crippen LogP contribution in [0.4, 0.5) is 0 Å². The van der Waals surface area contributed by atoms with Gasteiger partial charge in [0.25, 0.3) is 5.56 Å². The van der Waals surface area contributed by atoms with E-state index in [4.69, 9.17) is 0 Å². The first-order chi connectivity index (χ1) is 8.59. The molecule has 0 spiro atoms. The van der Waals surface area contributed by atoms with E-state index in [1.807, 2.05) is 30.3 Å². The third kappa shape index (κ3) is 2.56. The molecule has 2 rings (SSSR count). The number of thioether (sulfide) groups is 1. The van der Waals surface area contributed by atoms with E-state index in [2.05, 4.69) is 0 Å². The molecule has 0 radical (unpaired) electrons. The number of rotatable bonds is 3. The highest BCUT2D eigenvalue weighted by Gasteiger charge is 2.06. The van der Waals surface area contributed by atoms with Crippen molar-refractivity contribution in [2.24, 2.45) is 14.1 Å². The van der Waals surface area contributed by atoms with Gasteiger partial charge in [0.15, 0.2) is 0 Å². The maximum atomic E-state index is 11.7.